The number of nitrogens with one attached hydrogen (secondary N) is 1. The first-order valence-corrected chi connectivity index (χ1v) is 12.9. The van der Waals surface area contributed by atoms with E-state index >= 15 is 0 Å². The highest BCUT2D eigenvalue weighted by atomic mass is 32.2. The van der Waals surface area contributed by atoms with Crippen LogP contribution in [0, 0.1) is 5.92 Å². The second kappa shape index (κ2) is 11.6. The molecule has 0 radical (unpaired) electrons. The van der Waals surface area contributed by atoms with Crippen LogP contribution in [0.25, 0.3) is 0 Å². The number of piperazine rings is 1. The van der Waals surface area contributed by atoms with E-state index in [1.54, 1.807) is 12.1 Å². The Labute approximate surface area is 192 Å². The van der Waals surface area contributed by atoms with Crippen LogP contribution in [-0.2, 0) is 27.7 Å². The van der Waals surface area contributed by atoms with Gasteiger partial charge in [0.15, 0.2) is 0 Å². The van der Waals surface area contributed by atoms with Crippen molar-refractivity contribution in [2.45, 2.75) is 38.0 Å². The first-order valence-electron chi connectivity index (χ1n) is 11.5. The molecule has 1 aliphatic rings. The maximum atomic E-state index is 13.5. The highest BCUT2D eigenvalue weighted by molar-refractivity contribution is 7.89. The van der Waals surface area contributed by atoms with Gasteiger partial charge in [-0.25, -0.2) is 8.42 Å². The lowest BCUT2D eigenvalue weighted by atomic mass is 10.0. The highest BCUT2D eigenvalue weighted by Crippen LogP contribution is 2.19. The standard InChI is InChI=1S/C25H35N3O3S/c1-21(2)20-23-8-10-24(11-9-23)32(30,31)28(16-12-22-6-4-3-5-7-22)17-13-25(29)27-18-14-26-15-19-27/h3-11,21,26H,12-20H2,1-2H3. The van der Waals surface area contributed by atoms with Crippen LogP contribution < -0.4 is 5.32 Å². The van der Waals surface area contributed by atoms with Gasteiger partial charge in [0.25, 0.3) is 0 Å². The molecule has 0 unspecified atom stereocenters. The number of benzene rings is 2. The van der Waals surface area contributed by atoms with E-state index in [9.17, 15) is 13.2 Å². The van der Waals surface area contributed by atoms with E-state index in [0.29, 0.717) is 32.0 Å². The van der Waals surface area contributed by atoms with Crippen molar-refractivity contribution in [3.63, 3.8) is 0 Å². The van der Waals surface area contributed by atoms with E-state index in [1.165, 1.54) is 4.31 Å². The van der Waals surface area contributed by atoms with E-state index in [4.69, 9.17) is 0 Å². The fraction of sp³-hybridized carbons (Fsp3) is 0.480. The number of rotatable bonds is 10. The summed E-state index contributed by atoms with van der Waals surface area (Å²) in [7, 11) is -3.69. The Morgan fingerprint density at radius 2 is 1.62 bits per heavy atom. The van der Waals surface area contributed by atoms with Crippen molar-refractivity contribution >= 4 is 15.9 Å². The lowest BCUT2D eigenvalue weighted by Gasteiger charge is -2.29. The van der Waals surface area contributed by atoms with Crippen molar-refractivity contribution in [3.8, 4) is 0 Å². The SMILES string of the molecule is CC(C)Cc1ccc(S(=O)(=O)N(CCC(=O)N2CCNCC2)CCc2ccccc2)cc1. The summed E-state index contributed by atoms with van der Waals surface area (Å²) < 4.78 is 28.4. The minimum Gasteiger partial charge on any atom is -0.340 e. The van der Waals surface area contributed by atoms with E-state index in [-0.39, 0.29) is 23.8 Å². The topological polar surface area (TPSA) is 69.7 Å². The average Bonchev–Trinajstić information content (AvgIpc) is 2.80. The minimum absolute atomic E-state index is 0.0127. The smallest absolute Gasteiger partial charge is 0.243 e. The molecule has 1 N–H and O–H groups in total. The number of nitrogens with zero attached hydrogens (tertiary/aromatic N) is 2. The summed E-state index contributed by atoms with van der Waals surface area (Å²) in [5.74, 6) is 0.523. The van der Waals surface area contributed by atoms with Crippen LogP contribution in [0.1, 0.15) is 31.4 Å². The molecule has 0 spiro atoms. The zero-order valence-corrected chi connectivity index (χ0v) is 20.0. The molecular weight excluding hydrogens is 422 g/mol. The molecule has 1 fully saturated rings. The lowest BCUT2D eigenvalue weighted by molar-refractivity contribution is -0.131. The summed E-state index contributed by atoms with van der Waals surface area (Å²) in [5.41, 5.74) is 2.21. The molecule has 0 saturated carbocycles. The molecule has 0 atom stereocenters. The molecular formula is C25H35N3O3S. The van der Waals surface area contributed by atoms with Crippen molar-refractivity contribution in [1.29, 1.82) is 0 Å². The van der Waals surface area contributed by atoms with Crippen molar-refractivity contribution in [2.75, 3.05) is 39.3 Å². The van der Waals surface area contributed by atoms with E-state index < -0.39 is 10.0 Å². The van der Waals surface area contributed by atoms with Crippen LogP contribution in [0.4, 0.5) is 0 Å². The minimum atomic E-state index is -3.69. The van der Waals surface area contributed by atoms with Gasteiger partial charge in [-0.15, -0.1) is 0 Å². The second-order valence-electron chi connectivity index (χ2n) is 8.76. The van der Waals surface area contributed by atoms with Crippen molar-refractivity contribution in [1.82, 2.24) is 14.5 Å². The number of carbonyl (C=O) groups excluding carboxylic acids is 1. The number of hydrogen-bond acceptors (Lipinski definition) is 4. The molecule has 7 heteroatoms. The van der Waals surface area contributed by atoms with Crippen LogP contribution in [0.2, 0.25) is 0 Å². The molecule has 3 rings (SSSR count). The Morgan fingerprint density at radius 1 is 0.969 bits per heavy atom. The van der Waals surface area contributed by atoms with Crippen molar-refractivity contribution in [2.24, 2.45) is 5.92 Å². The Bertz CT molecular complexity index is 954. The summed E-state index contributed by atoms with van der Waals surface area (Å²) in [4.78, 5) is 14.8. The van der Waals surface area contributed by atoms with Gasteiger partial charge >= 0.3 is 0 Å². The predicted molar refractivity (Wildman–Crippen MR) is 128 cm³/mol. The molecule has 1 amide bonds. The van der Waals surface area contributed by atoms with Crippen LogP contribution in [0.5, 0.6) is 0 Å². The monoisotopic (exact) mass is 457 g/mol. The van der Waals surface area contributed by atoms with Gasteiger partial charge in [-0.1, -0.05) is 56.3 Å². The third-order valence-corrected chi connectivity index (χ3v) is 7.66. The molecule has 0 aromatic heterocycles. The van der Waals surface area contributed by atoms with Gasteiger partial charge in [-0.05, 0) is 42.0 Å². The molecule has 6 nitrogen and oxygen atoms in total. The normalized spacial score (nSPS) is 14.8. The average molecular weight is 458 g/mol. The molecule has 2 aromatic carbocycles. The van der Waals surface area contributed by atoms with Gasteiger partial charge in [0, 0.05) is 45.7 Å². The van der Waals surface area contributed by atoms with Crippen LogP contribution in [-0.4, -0.2) is 62.8 Å². The van der Waals surface area contributed by atoms with Gasteiger partial charge in [0.1, 0.15) is 0 Å². The van der Waals surface area contributed by atoms with E-state index in [2.05, 4.69) is 19.2 Å². The summed E-state index contributed by atoms with van der Waals surface area (Å²) in [6.07, 6.45) is 1.71. The first-order chi connectivity index (χ1) is 15.4. The molecule has 1 heterocycles. The van der Waals surface area contributed by atoms with Gasteiger partial charge in [0.2, 0.25) is 15.9 Å². The first kappa shape index (κ1) is 24.4. The summed E-state index contributed by atoms with van der Waals surface area (Å²) in [6.45, 7) is 7.73. The van der Waals surface area contributed by atoms with E-state index in [1.807, 2.05) is 47.4 Å². The summed E-state index contributed by atoms with van der Waals surface area (Å²) in [5, 5.41) is 3.23. The molecule has 1 aliphatic heterocycles. The molecule has 1 saturated heterocycles. The van der Waals surface area contributed by atoms with Gasteiger partial charge < -0.3 is 10.2 Å². The fourth-order valence-electron chi connectivity index (χ4n) is 3.96. The molecule has 0 bridgehead atoms. The summed E-state index contributed by atoms with van der Waals surface area (Å²) in [6, 6.07) is 17.0. The van der Waals surface area contributed by atoms with Crippen LogP contribution >= 0.6 is 0 Å². The number of amides is 1. The third kappa shape index (κ3) is 6.89. The number of sulfonamides is 1. The van der Waals surface area contributed by atoms with Crippen LogP contribution in [0.3, 0.4) is 0 Å². The maximum absolute atomic E-state index is 13.5. The molecule has 32 heavy (non-hydrogen) atoms. The largest absolute Gasteiger partial charge is 0.340 e. The Kier molecular flexibility index (Phi) is 8.84. The van der Waals surface area contributed by atoms with E-state index in [0.717, 1.165) is 30.6 Å². The zero-order valence-electron chi connectivity index (χ0n) is 19.2. The lowest BCUT2D eigenvalue weighted by Crippen LogP contribution is -2.47. The Balaban J connectivity index is 1.74. The Hall–Kier alpha value is -2.22. The predicted octanol–water partition coefficient (Wildman–Crippen LogP) is 2.94. The molecule has 2 aromatic rings. The van der Waals surface area contributed by atoms with Crippen molar-refractivity contribution < 1.29 is 13.2 Å². The van der Waals surface area contributed by atoms with Gasteiger partial charge in [0.05, 0.1) is 4.90 Å². The number of hydrogen-bond donors (Lipinski definition) is 1. The Morgan fingerprint density at radius 3 is 2.25 bits per heavy atom. The maximum Gasteiger partial charge on any atom is 0.243 e. The third-order valence-electron chi connectivity index (χ3n) is 5.74. The quantitative estimate of drug-likeness (QED) is 0.596. The van der Waals surface area contributed by atoms with Crippen molar-refractivity contribution in [3.05, 3.63) is 65.7 Å². The fourth-order valence-corrected chi connectivity index (χ4v) is 5.40. The second-order valence-corrected chi connectivity index (χ2v) is 10.7. The zero-order chi connectivity index (χ0) is 23.0. The van der Waals surface area contributed by atoms with Crippen LogP contribution in [0.15, 0.2) is 59.5 Å². The molecule has 0 aliphatic carbocycles. The number of carbonyl (C=O) groups is 1. The highest BCUT2D eigenvalue weighted by Gasteiger charge is 2.26. The summed E-state index contributed by atoms with van der Waals surface area (Å²) >= 11 is 0. The molecule has 174 valence electrons. The van der Waals surface area contributed by atoms with Gasteiger partial charge in [-0.2, -0.15) is 4.31 Å². The van der Waals surface area contributed by atoms with Gasteiger partial charge in [-0.3, -0.25) is 4.79 Å².